The zero-order valence-electron chi connectivity index (χ0n) is 11.0. The fraction of sp³-hybridized carbons (Fsp3) is 0.500. The van der Waals surface area contributed by atoms with E-state index in [1.165, 1.54) is 0 Å². The molecule has 1 amide bonds. The zero-order chi connectivity index (χ0) is 13.0. The minimum absolute atomic E-state index is 0.0473. The molecule has 1 aromatic carbocycles. The van der Waals surface area contributed by atoms with E-state index < -0.39 is 0 Å². The topological polar surface area (TPSA) is 50.4 Å². The van der Waals surface area contributed by atoms with E-state index >= 15 is 0 Å². The molecule has 1 aliphatic heterocycles. The lowest BCUT2D eigenvalue weighted by Gasteiger charge is -2.23. The van der Waals surface area contributed by atoms with E-state index in [1.54, 1.807) is 7.11 Å². The zero-order valence-corrected chi connectivity index (χ0v) is 11.0. The fourth-order valence-electron chi connectivity index (χ4n) is 2.16. The second-order valence-electron chi connectivity index (χ2n) is 4.67. The molecule has 0 aliphatic carbocycles. The molecule has 1 atom stereocenters. The number of rotatable bonds is 3. The van der Waals surface area contributed by atoms with Gasteiger partial charge in [0.1, 0.15) is 5.75 Å². The number of aryl methyl sites for hydroxylation is 1. The van der Waals surface area contributed by atoms with Gasteiger partial charge in [0.2, 0.25) is 5.91 Å². The van der Waals surface area contributed by atoms with Gasteiger partial charge in [0, 0.05) is 11.8 Å². The molecule has 0 radical (unpaired) electrons. The molecule has 2 rings (SSSR count). The molecule has 0 aromatic heterocycles. The van der Waals surface area contributed by atoms with E-state index in [2.05, 4.69) is 10.6 Å². The van der Waals surface area contributed by atoms with Gasteiger partial charge in [0.25, 0.3) is 0 Å². The summed E-state index contributed by atoms with van der Waals surface area (Å²) < 4.78 is 5.17. The molecule has 4 nitrogen and oxygen atoms in total. The van der Waals surface area contributed by atoms with Crippen molar-refractivity contribution in [3.63, 3.8) is 0 Å². The van der Waals surface area contributed by atoms with Gasteiger partial charge in [-0.05, 0) is 37.9 Å². The van der Waals surface area contributed by atoms with Crippen LogP contribution in [-0.4, -0.2) is 25.6 Å². The van der Waals surface area contributed by atoms with E-state index in [1.807, 2.05) is 25.1 Å². The molecule has 1 fully saturated rings. The third-order valence-electron chi connectivity index (χ3n) is 3.33. The van der Waals surface area contributed by atoms with E-state index in [-0.39, 0.29) is 11.9 Å². The Bertz CT molecular complexity index is 426. The summed E-state index contributed by atoms with van der Waals surface area (Å²) in [6.45, 7) is 2.90. The Morgan fingerprint density at radius 1 is 1.44 bits per heavy atom. The third-order valence-corrected chi connectivity index (χ3v) is 3.33. The molecule has 1 aliphatic rings. The smallest absolute Gasteiger partial charge is 0.241 e. The van der Waals surface area contributed by atoms with Gasteiger partial charge in [-0.15, -0.1) is 0 Å². The normalized spacial score (nSPS) is 19.3. The Kier molecular flexibility index (Phi) is 4.20. The van der Waals surface area contributed by atoms with E-state index in [0.717, 1.165) is 42.8 Å². The van der Waals surface area contributed by atoms with Crippen molar-refractivity contribution in [2.45, 2.75) is 32.2 Å². The first kappa shape index (κ1) is 12.9. The molecule has 1 heterocycles. The number of hydrogen-bond acceptors (Lipinski definition) is 3. The molecule has 0 bridgehead atoms. The van der Waals surface area contributed by atoms with Gasteiger partial charge in [-0.3, -0.25) is 4.79 Å². The van der Waals surface area contributed by atoms with Crippen LogP contribution < -0.4 is 15.4 Å². The van der Waals surface area contributed by atoms with Crippen LogP contribution in [0.3, 0.4) is 0 Å². The van der Waals surface area contributed by atoms with E-state index in [4.69, 9.17) is 4.74 Å². The molecule has 0 spiro atoms. The summed E-state index contributed by atoms with van der Waals surface area (Å²) in [5.74, 6) is 0.804. The third kappa shape index (κ3) is 3.01. The lowest BCUT2D eigenvalue weighted by atomic mass is 10.0. The lowest BCUT2D eigenvalue weighted by molar-refractivity contribution is -0.118. The van der Waals surface area contributed by atoms with E-state index in [0.29, 0.717) is 0 Å². The molecule has 1 aromatic rings. The van der Waals surface area contributed by atoms with Crippen molar-refractivity contribution in [2.75, 3.05) is 19.0 Å². The summed E-state index contributed by atoms with van der Waals surface area (Å²) >= 11 is 0. The number of benzene rings is 1. The lowest BCUT2D eigenvalue weighted by Crippen LogP contribution is -2.43. The first-order valence-electron chi connectivity index (χ1n) is 6.39. The molecule has 0 saturated carbocycles. The van der Waals surface area contributed by atoms with Crippen LogP contribution in [0, 0.1) is 6.92 Å². The minimum atomic E-state index is -0.0654. The highest BCUT2D eigenvalue weighted by Crippen LogP contribution is 2.22. The number of ether oxygens (including phenoxy) is 1. The van der Waals surface area contributed by atoms with Crippen LogP contribution in [0.1, 0.15) is 24.8 Å². The second-order valence-corrected chi connectivity index (χ2v) is 4.67. The number of anilines is 1. The highest BCUT2D eigenvalue weighted by atomic mass is 16.5. The van der Waals surface area contributed by atoms with Gasteiger partial charge in [0.05, 0.1) is 13.2 Å². The quantitative estimate of drug-likeness (QED) is 0.861. The van der Waals surface area contributed by atoms with Crippen LogP contribution in [0.15, 0.2) is 18.2 Å². The monoisotopic (exact) mass is 248 g/mol. The fourth-order valence-corrected chi connectivity index (χ4v) is 2.16. The highest BCUT2D eigenvalue weighted by molar-refractivity contribution is 5.95. The Morgan fingerprint density at radius 2 is 2.28 bits per heavy atom. The molecule has 4 heteroatoms. The summed E-state index contributed by atoms with van der Waals surface area (Å²) in [4.78, 5) is 12.1. The number of amides is 1. The maximum Gasteiger partial charge on any atom is 0.241 e. The van der Waals surface area contributed by atoms with Crippen LogP contribution in [0.5, 0.6) is 5.75 Å². The maximum atomic E-state index is 12.1. The summed E-state index contributed by atoms with van der Waals surface area (Å²) in [5.41, 5.74) is 1.87. The van der Waals surface area contributed by atoms with Crippen LogP contribution in [0.25, 0.3) is 0 Å². The predicted molar refractivity (Wildman–Crippen MR) is 72.0 cm³/mol. The average molecular weight is 248 g/mol. The largest absolute Gasteiger partial charge is 0.497 e. The number of hydrogen-bond donors (Lipinski definition) is 2. The summed E-state index contributed by atoms with van der Waals surface area (Å²) in [6, 6.07) is 5.63. The Balaban J connectivity index is 2.05. The van der Waals surface area contributed by atoms with Crippen LogP contribution in [0.4, 0.5) is 5.69 Å². The first-order valence-corrected chi connectivity index (χ1v) is 6.39. The Morgan fingerprint density at radius 3 is 2.94 bits per heavy atom. The second kappa shape index (κ2) is 5.87. The number of carbonyl (C=O) groups is 1. The van der Waals surface area contributed by atoms with Gasteiger partial charge in [-0.1, -0.05) is 12.5 Å². The van der Waals surface area contributed by atoms with Gasteiger partial charge >= 0.3 is 0 Å². The Hall–Kier alpha value is -1.55. The molecule has 0 unspecified atom stereocenters. The van der Waals surface area contributed by atoms with Gasteiger partial charge in [0.15, 0.2) is 0 Å². The number of methoxy groups -OCH3 is 1. The number of carbonyl (C=O) groups excluding carboxylic acids is 1. The first-order chi connectivity index (χ1) is 8.70. The number of nitrogens with one attached hydrogen (secondary N) is 2. The predicted octanol–water partition coefficient (Wildman–Crippen LogP) is 2.08. The van der Waals surface area contributed by atoms with Crippen LogP contribution >= 0.6 is 0 Å². The van der Waals surface area contributed by atoms with Crippen LogP contribution in [-0.2, 0) is 4.79 Å². The minimum Gasteiger partial charge on any atom is -0.497 e. The van der Waals surface area contributed by atoms with Crippen molar-refractivity contribution in [1.82, 2.24) is 5.32 Å². The molecule has 18 heavy (non-hydrogen) atoms. The van der Waals surface area contributed by atoms with Gasteiger partial charge in [-0.2, -0.15) is 0 Å². The average Bonchev–Trinajstić information content (AvgIpc) is 2.42. The van der Waals surface area contributed by atoms with Crippen molar-refractivity contribution < 1.29 is 9.53 Å². The number of piperidine rings is 1. The van der Waals surface area contributed by atoms with Gasteiger partial charge < -0.3 is 15.4 Å². The van der Waals surface area contributed by atoms with Crippen LogP contribution in [0.2, 0.25) is 0 Å². The van der Waals surface area contributed by atoms with Crippen molar-refractivity contribution in [3.8, 4) is 5.75 Å². The molecular weight excluding hydrogens is 228 g/mol. The molecule has 1 saturated heterocycles. The summed E-state index contributed by atoms with van der Waals surface area (Å²) in [7, 11) is 1.62. The maximum absolute atomic E-state index is 12.1. The van der Waals surface area contributed by atoms with Crippen molar-refractivity contribution in [3.05, 3.63) is 23.8 Å². The van der Waals surface area contributed by atoms with Crippen molar-refractivity contribution in [2.24, 2.45) is 0 Å². The molecule has 98 valence electrons. The Labute approximate surface area is 108 Å². The SMILES string of the molecule is COc1ccc(C)c(NC(=O)[C@@H]2CCCCN2)c1. The molecular formula is C14H20N2O2. The summed E-state index contributed by atoms with van der Waals surface area (Å²) in [5, 5.41) is 6.22. The highest BCUT2D eigenvalue weighted by Gasteiger charge is 2.20. The summed E-state index contributed by atoms with van der Waals surface area (Å²) in [6.07, 6.45) is 3.18. The van der Waals surface area contributed by atoms with Crippen molar-refractivity contribution >= 4 is 11.6 Å². The molecule has 2 N–H and O–H groups in total. The van der Waals surface area contributed by atoms with E-state index in [9.17, 15) is 4.79 Å². The van der Waals surface area contributed by atoms with Gasteiger partial charge in [-0.25, -0.2) is 0 Å². The standard InChI is InChI=1S/C14H20N2O2/c1-10-6-7-11(18-2)9-13(10)16-14(17)12-5-3-4-8-15-12/h6-7,9,12,15H,3-5,8H2,1-2H3,(H,16,17)/t12-/m0/s1. The van der Waals surface area contributed by atoms with Crippen molar-refractivity contribution in [1.29, 1.82) is 0 Å².